The molecule has 2 fully saturated rings. The number of carbonyl (C=O) groups excluding carboxylic acids is 1. The molecule has 4 rings (SSSR count). The lowest BCUT2D eigenvalue weighted by atomic mass is 10.0. The van der Waals surface area contributed by atoms with Crippen molar-refractivity contribution in [3.05, 3.63) is 53.9 Å². The molecule has 2 saturated heterocycles. The third-order valence-corrected chi connectivity index (χ3v) is 5.61. The Morgan fingerprint density at radius 1 is 1.24 bits per heavy atom. The predicted molar refractivity (Wildman–Crippen MR) is 115 cm³/mol. The van der Waals surface area contributed by atoms with E-state index in [1.165, 1.54) is 5.56 Å². The molecular formula is C21H30ClN5O2. The van der Waals surface area contributed by atoms with Crippen molar-refractivity contribution in [2.45, 2.75) is 24.9 Å². The summed E-state index contributed by atoms with van der Waals surface area (Å²) in [5, 5.41) is 11.0. The summed E-state index contributed by atoms with van der Waals surface area (Å²) in [7, 11) is 0. The molecule has 7 nitrogen and oxygen atoms in total. The standard InChI is InChI=1S/C21H29N5O2.ClH/c27-21(19-8-10-26(24-19)18-7-4-9-22-15-18)23-16-20(17-5-2-1-3-6-17)25-11-13-28-14-12-25;/h1-3,5-6,8,10,18,20,22H,4,7,9,11-16H2,(H,23,27);1H. The molecule has 158 valence electrons. The minimum absolute atomic E-state index is 0. The maximum absolute atomic E-state index is 12.7. The largest absolute Gasteiger partial charge is 0.379 e. The van der Waals surface area contributed by atoms with Crippen LogP contribution in [-0.2, 0) is 4.74 Å². The van der Waals surface area contributed by atoms with Gasteiger partial charge in [-0.15, -0.1) is 12.4 Å². The van der Waals surface area contributed by atoms with E-state index in [2.05, 4.69) is 32.8 Å². The average Bonchev–Trinajstić information content (AvgIpc) is 3.26. The van der Waals surface area contributed by atoms with Crippen LogP contribution in [-0.4, -0.2) is 66.5 Å². The number of benzene rings is 1. The molecule has 2 aromatic rings. The maximum Gasteiger partial charge on any atom is 0.271 e. The number of hydrogen-bond donors (Lipinski definition) is 2. The van der Waals surface area contributed by atoms with Gasteiger partial charge in [0, 0.05) is 32.4 Å². The topological polar surface area (TPSA) is 71.4 Å². The first kappa shape index (κ1) is 21.8. The maximum atomic E-state index is 12.7. The van der Waals surface area contributed by atoms with Crippen molar-refractivity contribution in [2.24, 2.45) is 0 Å². The van der Waals surface area contributed by atoms with Crippen LogP contribution in [0.2, 0.25) is 0 Å². The summed E-state index contributed by atoms with van der Waals surface area (Å²) in [6.07, 6.45) is 4.16. The van der Waals surface area contributed by atoms with E-state index >= 15 is 0 Å². The number of rotatable bonds is 6. The predicted octanol–water partition coefficient (Wildman–Crippen LogP) is 2.03. The summed E-state index contributed by atoms with van der Waals surface area (Å²) < 4.78 is 7.42. The second-order valence-electron chi connectivity index (χ2n) is 7.47. The zero-order chi connectivity index (χ0) is 19.2. The van der Waals surface area contributed by atoms with E-state index in [1.807, 2.05) is 35.1 Å². The Morgan fingerprint density at radius 3 is 2.76 bits per heavy atom. The minimum atomic E-state index is -0.114. The summed E-state index contributed by atoms with van der Waals surface area (Å²) in [5.41, 5.74) is 1.70. The van der Waals surface area contributed by atoms with E-state index in [1.54, 1.807) is 0 Å². The number of ether oxygens (including phenoxy) is 1. The SMILES string of the molecule is Cl.O=C(NCC(c1ccccc1)N1CCOCC1)c1ccn(C2CCCNC2)n1. The lowest BCUT2D eigenvalue weighted by Gasteiger charge is -2.34. The first-order chi connectivity index (χ1) is 13.8. The summed E-state index contributed by atoms with van der Waals surface area (Å²) in [6.45, 7) is 5.75. The van der Waals surface area contributed by atoms with Gasteiger partial charge in [0.15, 0.2) is 0 Å². The first-order valence-electron chi connectivity index (χ1n) is 10.2. The molecular weight excluding hydrogens is 390 g/mol. The minimum Gasteiger partial charge on any atom is -0.379 e. The molecule has 0 aliphatic carbocycles. The molecule has 2 aliphatic rings. The summed E-state index contributed by atoms with van der Waals surface area (Å²) in [5.74, 6) is -0.114. The highest BCUT2D eigenvalue weighted by Crippen LogP contribution is 2.21. The number of aromatic nitrogens is 2. The highest BCUT2D eigenvalue weighted by atomic mass is 35.5. The normalized spacial score (nSPS) is 21.2. The van der Waals surface area contributed by atoms with Crippen LogP contribution in [0.5, 0.6) is 0 Å². The van der Waals surface area contributed by atoms with Crippen LogP contribution in [0.15, 0.2) is 42.6 Å². The molecule has 0 saturated carbocycles. The van der Waals surface area contributed by atoms with Gasteiger partial charge in [-0.25, -0.2) is 0 Å². The fourth-order valence-corrected chi connectivity index (χ4v) is 4.02. The number of hydrogen-bond acceptors (Lipinski definition) is 5. The van der Waals surface area contributed by atoms with Crippen LogP contribution in [0, 0.1) is 0 Å². The quantitative estimate of drug-likeness (QED) is 0.749. The molecule has 0 bridgehead atoms. The van der Waals surface area contributed by atoms with Crippen LogP contribution < -0.4 is 10.6 Å². The highest BCUT2D eigenvalue weighted by molar-refractivity contribution is 5.92. The summed E-state index contributed by atoms with van der Waals surface area (Å²) in [6, 6.07) is 12.6. The van der Waals surface area contributed by atoms with Crippen LogP contribution in [0.3, 0.4) is 0 Å². The van der Waals surface area contributed by atoms with Gasteiger partial charge in [-0.05, 0) is 31.0 Å². The molecule has 29 heavy (non-hydrogen) atoms. The van der Waals surface area contributed by atoms with Gasteiger partial charge in [-0.2, -0.15) is 5.10 Å². The van der Waals surface area contributed by atoms with E-state index in [0.717, 1.165) is 52.2 Å². The number of piperidine rings is 1. The van der Waals surface area contributed by atoms with Crippen LogP contribution in [0.4, 0.5) is 0 Å². The number of carbonyl (C=O) groups is 1. The second kappa shape index (κ2) is 10.7. The smallest absolute Gasteiger partial charge is 0.271 e. The fourth-order valence-electron chi connectivity index (χ4n) is 4.02. The van der Waals surface area contributed by atoms with Crippen LogP contribution in [0.1, 0.15) is 41.0 Å². The zero-order valence-corrected chi connectivity index (χ0v) is 17.4. The van der Waals surface area contributed by atoms with Crippen molar-refractivity contribution in [3.8, 4) is 0 Å². The average molecular weight is 420 g/mol. The Labute approximate surface area is 178 Å². The third-order valence-electron chi connectivity index (χ3n) is 5.61. The fraction of sp³-hybridized carbons (Fsp3) is 0.524. The van der Waals surface area contributed by atoms with E-state index in [4.69, 9.17) is 4.74 Å². The van der Waals surface area contributed by atoms with Gasteiger partial charge in [0.1, 0.15) is 5.69 Å². The summed E-state index contributed by atoms with van der Waals surface area (Å²) >= 11 is 0. The van der Waals surface area contributed by atoms with Crippen molar-refractivity contribution in [1.29, 1.82) is 0 Å². The van der Waals surface area contributed by atoms with Crippen molar-refractivity contribution in [2.75, 3.05) is 45.9 Å². The van der Waals surface area contributed by atoms with Crippen LogP contribution in [0.25, 0.3) is 0 Å². The zero-order valence-electron chi connectivity index (χ0n) is 16.6. The number of amides is 1. The first-order valence-corrected chi connectivity index (χ1v) is 10.2. The number of nitrogens with one attached hydrogen (secondary N) is 2. The van der Waals surface area contributed by atoms with Gasteiger partial charge in [0.05, 0.1) is 25.3 Å². The van der Waals surface area contributed by atoms with Crippen molar-refractivity contribution in [1.82, 2.24) is 25.3 Å². The number of nitrogens with zero attached hydrogens (tertiary/aromatic N) is 3. The van der Waals surface area contributed by atoms with Gasteiger partial charge in [-0.3, -0.25) is 14.4 Å². The monoisotopic (exact) mass is 419 g/mol. The van der Waals surface area contributed by atoms with Crippen LogP contribution >= 0.6 is 12.4 Å². The molecule has 2 N–H and O–H groups in total. The van der Waals surface area contributed by atoms with Crippen molar-refractivity contribution in [3.63, 3.8) is 0 Å². The Balaban J connectivity index is 0.00000240. The van der Waals surface area contributed by atoms with Gasteiger partial charge in [-0.1, -0.05) is 30.3 Å². The molecule has 8 heteroatoms. The Morgan fingerprint density at radius 2 is 2.03 bits per heavy atom. The van der Waals surface area contributed by atoms with Gasteiger partial charge in [0.2, 0.25) is 0 Å². The molecule has 1 aromatic carbocycles. The van der Waals surface area contributed by atoms with E-state index < -0.39 is 0 Å². The van der Waals surface area contributed by atoms with E-state index in [9.17, 15) is 4.79 Å². The number of morpholine rings is 1. The lowest BCUT2D eigenvalue weighted by Crippen LogP contribution is -2.43. The molecule has 1 amide bonds. The highest BCUT2D eigenvalue weighted by Gasteiger charge is 2.24. The second-order valence-corrected chi connectivity index (χ2v) is 7.47. The molecule has 3 heterocycles. The molecule has 2 aliphatic heterocycles. The molecule has 2 unspecified atom stereocenters. The third kappa shape index (κ3) is 5.57. The molecule has 0 spiro atoms. The molecule has 2 atom stereocenters. The van der Waals surface area contributed by atoms with Crippen molar-refractivity contribution >= 4 is 18.3 Å². The van der Waals surface area contributed by atoms with Gasteiger partial charge in [0.25, 0.3) is 5.91 Å². The Bertz CT molecular complexity index is 757. The molecule has 1 aromatic heterocycles. The van der Waals surface area contributed by atoms with E-state index in [0.29, 0.717) is 18.3 Å². The van der Waals surface area contributed by atoms with Gasteiger partial charge < -0.3 is 15.4 Å². The van der Waals surface area contributed by atoms with Gasteiger partial charge >= 0.3 is 0 Å². The van der Waals surface area contributed by atoms with E-state index in [-0.39, 0.29) is 24.4 Å². The summed E-state index contributed by atoms with van der Waals surface area (Å²) in [4.78, 5) is 15.1. The van der Waals surface area contributed by atoms with Crippen molar-refractivity contribution < 1.29 is 9.53 Å². The Hall–Kier alpha value is -1.93. The Kier molecular flexibility index (Phi) is 8.06. The molecule has 0 radical (unpaired) electrons. The lowest BCUT2D eigenvalue weighted by molar-refractivity contribution is 0.0162. The number of halogens is 1.